The number of aromatic nitrogens is 2. The van der Waals surface area contributed by atoms with Crippen molar-refractivity contribution in [1.82, 2.24) is 15.1 Å². The molecule has 1 amide bonds. The first-order valence-electron chi connectivity index (χ1n) is 7.89. The second-order valence-electron chi connectivity index (χ2n) is 5.50. The van der Waals surface area contributed by atoms with Crippen LogP contribution in [0.3, 0.4) is 0 Å². The third kappa shape index (κ3) is 4.58. The predicted molar refractivity (Wildman–Crippen MR) is 92.5 cm³/mol. The molecule has 0 unspecified atom stereocenters. The number of thioether (sulfide) groups is 1. The molecule has 0 fully saturated rings. The molecule has 23 heavy (non-hydrogen) atoms. The zero-order valence-electron chi connectivity index (χ0n) is 14.1. The Morgan fingerprint density at radius 1 is 1.17 bits per heavy atom. The summed E-state index contributed by atoms with van der Waals surface area (Å²) in [5, 5.41) is 8.49. The maximum absolute atomic E-state index is 12.0. The Morgan fingerprint density at radius 2 is 1.83 bits per heavy atom. The van der Waals surface area contributed by atoms with E-state index >= 15 is 0 Å². The summed E-state index contributed by atoms with van der Waals surface area (Å²) in [7, 11) is 0. The van der Waals surface area contributed by atoms with Gasteiger partial charge in [-0.25, -0.2) is 0 Å². The van der Waals surface area contributed by atoms with Gasteiger partial charge in [-0.05, 0) is 37.5 Å². The smallest absolute Gasteiger partial charge is 0.277 e. The van der Waals surface area contributed by atoms with Crippen molar-refractivity contribution in [3.05, 3.63) is 29.8 Å². The molecule has 0 saturated heterocycles. The third-order valence-electron chi connectivity index (χ3n) is 3.67. The lowest BCUT2D eigenvalue weighted by Crippen LogP contribution is -2.31. The van der Waals surface area contributed by atoms with Gasteiger partial charge < -0.3 is 9.32 Å². The average molecular weight is 333 g/mol. The zero-order chi connectivity index (χ0) is 16.8. The summed E-state index contributed by atoms with van der Waals surface area (Å²) in [6.45, 7) is 9.68. The number of carbonyl (C=O) groups excluding carboxylic acids is 1. The molecule has 0 aliphatic carbocycles. The summed E-state index contributed by atoms with van der Waals surface area (Å²) in [6, 6.07) is 8.11. The first-order valence-corrected chi connectivity index (χ1v) is 8.88. The first-order chi connectivity index (χ1) is 11.0. The highest BCUT2D eigenvalue weighted by Crippen LogP contribution is 2.25. The van der Waals surface area contributed by atoms with E-state index in [4.69, 9.17) is 4.42 Å². The number of hydrogen-bond acceptors (Lipinski definition) is 5. The van der Waals surface area contributed by atoms with Crippen molar-refractivity contribution in [3.63, 3.8) is 0 Å². The SMILES string of the molecule is CCN(CC)C(=O)CSc1nnc(-c2ccc(C(C)C)cc2)o1. The van der Waals surface area contributed by atoms with Crippen molar-refractivity contribution in [2.45, 2.75) is 38.8 Å². The number of carbonyl (C=O) groups is 1. The summed E-state index contributed by atoms with van der Waals surface area (Å²) in [4.78, 5) is 13.8. The molecule has 1 aromatic carbocycles. The van der Waals surface area contributed by atoms with E-state index in [2.05, 4.69) is 36.2 Å². The van der Waals surface area contributed by atoms with Crippen LogP contribution in [0.4, 0.5) is 0 Å². The molecular formula is C17H23N3O2S. The normalized spacial score (nSPS) is 11.0. The fraction of sp³-hybridized carbons (Fsp3) is 0.471. The Balaban J connectivity index is 1.99. The third-order valence-corrected chi connectivity index (χ3v) is 4.47. The largest absolute Gasteiger partial charge is 0.411 e. The molecule has 0 N–H and O–H groups in total. The molecule has 1 aromatic heterocycles. The number of benzene rings is 1. The molecule has 0 saturated carbocycles. The van der Waals surface area contributed by atoms with E-state index in [1.54, 1.807) is 4.90 Å². The second kappa shape index (κ2) is 8.15. The van der Waals surface area contributed by atoms with Gasteiger partial charge in [0.1, 0.15) is 0 Å². The van der Waals surface area contributed by atoms with Crippen molar-refractivity contribution in [3.8, 4) is 11.5 Å². The number of hydrogen-bond donors (Lipinski definition) is 0. The van der Waals surface area contributed by atoms with Crippen LogP contribution in [0.5, 0.6) is 0 Å². The van der Waals surface area contributed by atoms with Crippen molar-refractivity contribution in [2.75, 3.05) is 18.8 Å². The Bertz CT molecular complexity index is 634. The Morgan fingerprint density at radius 3 is 2.39 bits per heavy atom. The summed E-state index contributed by atoms with van der Waals surface area (Å²) in [5.41, 5.74) is 2.16. The van der Waals surface area contributed by atoms with E-state index in [-0.39, 0.29) is 5.91 Å². The molecule has 2 rings (SSSR count). The zero-order valence-corrected chi connectivity index (χ0v) is 14.9. The van der Waals surface area contributed by atoms with Gasteiger partial charge in [0, 0.05) is 18.7 Å². The van der Waals surface area contributed by atoms with Gasteiger partial charge in [0.2, 0.25) is 11.8 Å². The maximum atomic E-state index is 12.0. The molecule has 124 valence electrons. The van der Waals surface area contributed by atoms with Crippen molar-refractivity contribution < 1.29 is 9.21 Å². The van der Waals surface area contributed by atoms with Crippen LogP contribution in [0, 0.1) is 0 Å². The lowest BCUT2D eigenvalue weighted by Gasteiger charge is -2.17. The lowest BCUT2D eigenvalue weighted by atomic mass is 10.0. The van der Waals surface area contributed by atoms with Crippen molar-refractivity contribution in [1.29, 1.82) is 0 Å². The highest BCUT2D eigenvalue weighted by atomic mass is 32.2. The maximum Gasteiger partial charge on any atom is 0.277 e. The van der Waals surface area contributed by atoms with Crippen LogP contribution >= 0.6 is 11.8 Å². The van der Waals surface area contributed by atoms with Gasteiger partial charge in [-0.15, -0.1) is 10.2 Å². The average Bonchev–Trinajstić information content (AvgIpc) is 3.03. The summed E-state index contributed by atoms with van der Waals surface area (Å²) in [6.07, 6.45) is 0. The van der Waals surface area contributed by atoms with Gasteiger partial charge in [-0.3, -0.25) is 4.79 Å². The van der Waals surface area contributed by atoms with Crippen molar-refractivity contribution >= 4 is 17.7 Å². The van der Waals surface area contributed by atoms with E-state index in [0.29, 0.717) is 35.9 Å². The van der Waals surface area contributed by atoms with Gasteiger partial charge in [0.25, 0.3) is 5.22 Å². The minimum Gasteiger partial charge on any atom is -0.411 e. The lowest BCUT2D eigenvalue weighted by molar-refractivity contribution is -0.127. The number of nitrogens with zero attached hydrogens (tertiary/aromatic N) is 3. The van der Waals surface area contributed by atoms with E-state index in [1.807, 2.05) is 26.0 Å². The Hall–Kier alpha value is -1.82. The van der Waals surface area contributed by atoms with Crippen LogP contribution in [-0.4, -0.2) is 39.8 Å². The topological polar surface area (TPSA) is 59.2 Å². The van der Waals surface area contributed by atoms with Gasteiger partial charge in [0.15, 0.2) is 0 Å². The van der Waals surface area contributed by atoms with E-state index in [0.717, 1.165) is 5.56 Å². The van der Waals surface area contributed by atoms with Crippen LogP contribution in [0.15, 0.2) is 33.9 Å². The minimum absolute atomic E-state index is 0.0843. The van der Waals surface area contributed by atoms with Crippen molar-refractivity contribution in [2.24, 2.45) is 0 Å². The number of rotatable bonds is 7. The van der Waals surface area contributed by atoms with Gasteiger partial charge in [-0.2, -0.15) is 0 Å². The molecule has 0 radical (unpaired) electrons. The van der Waals surface area contributed by atoms with Gasteiger partial charge in [0.05, 0.1) is 5.75 Å². The standard InChI is InChI=1S/C17H23N3O2S/c1-5-20(6-2)15(21)11-23-17-19-18-16(22-17)14-9-7-13(8-10-14)12(3)4/h7-10,12H,5-6,11H2,1-4H3. The summed E-state index contributed by atoms with van der Waals surface area (Å²) < 4.78 is 5.64. The fourth-order valence-corrected chi connectivity index (χ4v) is 2.85. The van der Waals surface area contributed by atoms with Crippen LogP contribution in [0.2, 0.25) is 0 Å². The molecule has 0 aliphatic rings. The van der Waals surface area contributed by atoms with Gasteiger partial charge >= 0.3 is 0 Å². The van der Waals surface area contributed by atoms with Gasteiger partial charge in [-0.1, -0.05) is 37.7 Å². The summed E-state index contributed by atoms with van der Waals surface area (Å²) >= 11 is 1.28. The quantitative estimate of drug-likeness (QED) is 0.721. The molecule has 2 aromatic rings. The van der Waals surface area contributed by atoms with E-state index < -0.39 is 0 Å². The Labute approximate surface area is 141 Å². The van der Waals surface area contributed by atoms with E-state index in [1.165, 1.54) is 17.3 Å². The molecule has 0 atom stereocenters. The molecule has 5 nitrogen and oxygen atoms in total. The van der Waals surface area contributed by atoms with Crippen LogP contribution in [-0.2, 0) is 4.79 Å². The minimum atomic E-state index is 0.0843. The highest BCUT2D eigenvalue weighted by molar-refractivity contribution is 7.99. The Kier molecular flexibility index (Phi) is 6.21. The molecule has 0 bridgehead atoms. The predicted octanol–water partition coefficient (Wildman–Crippen LogP) is 3.82. The fourth-order valence-electron chi connectivity index (χ4n) is 2.19. The molecule has 0 spiro atoms. The summed E-state index contributed by atoms with van der Waals surface area (Å²) in [5.74, 6) is 1.37. The highest BCUT2D eigenvalue weighted by Gasteiger charge is 2.14. The molecule has 1 heterocycles. The molecule has 6 heteroatoms. The first kappa shape index (κ1) is 17.5. The van der Waals surface area contributed by atoms with E-state index in [9.17, 15) is 4.79 Å². The molecular weight excluding hydrogens is 310 g/mol. The van der Waals surface area contributed by atoms with Crippen LogP contribution in [0.1, 0.15) is 39.2 Å². The van der Waals surface area contributed by atoms with Crippen LogP contribution in [0.25, 0.3) is 11.5 Å². The number of amides is 1. The second-order valence-corrected chi connectivity index (χ2v) is 6.43. The van der Waals surface area contributed by atoms with Crippen LogP contribution < -0.4 is 0 Å². The molecule has 0 aliphatic heterocycles. The monoisotopic (exact) mass is 333 g/mol.